The van der Waals surface area contributed by atoms with Crippen LogP contribution in [0.3, 0.4) is 0 Å². The lowest BCUT2D eigenvalue weighted by Gasteiger charge is -2.18. The zero-order valence-electron chi connectivity index (χ0n) is 13.0. The highest BCUT2D eigenvalue weighted by Gasteiger charge is 2.13. The minimum Gasteiger partial charge on any atom is -0.355 e. The van der Waals surface area contributed by atoms with Gasteiger partial charge < -0.3 is 5.32 Å². The molecule has 0 fully saturated rings. The van der Waals surface area contributed by atoms with Crippen molar-refractivity contribution in [2.24, 2.45) is 0 Å². The molecular formula is C20H17ClIN. The first kappa shape index (κ1) is 16.3. The second-order valence-electron chi connectivity index (χ2n) is 5.56. The fourth-order valence-electron chi connectivity index (χ4n) is 2.74. The van der Waals surface area contributed by atoms with E-state index in [-0.39, 0.29) is 0 Å². The normalized spacial score (nSPS) is 10.6. The Bertz CT molecular complexity index is 821. The van der Waals surface area contributed by atoms with Crippen molar-refractivity contribution in [3.8, 4) is 11.1 Å². The average Bonchev–Trinajstić information content (AvgIpc) is 2.52. The van der Waals surface area contributed by atoms with Gasteiger partial charge >= 0.3 is 0 Å². The molecule has 0 unspecified atom stereocenters. The summed E-state index contributed by atoms with van der Waals surface area (Å²) in [7, 11) is 0. The Morgan fingerprint density at radius 3 is 2.04 bits per heavy atom. The van der Waals surface area contributed by atoms with Crippen LogP contribution in [0.2, 0.25) is 5.02 Å². The van der Waals surface area contributed by atoms with Crippen molar-refractivity contribution < 1.29 is 0 Å². The third kappa shape index (κ3) is 3.54. The van der Waals surface area contributed by atoms with Gasteiger partial charge in [-0.3, -0.25) is 0 Å². The second-order valence-corrected chi connectivity index (χ2v) is 7.16. The maximum absolute atomic E-state index is 5.98. The molecule has 1 nitrogen and oxygen atoms in total. The Morgan fingerprint density at radius 2 is 1.39 bits per heavy atom. The predicted octanol–water partition coefficient (Wildman–Crippen LogP) is 6.97. The summed E-state index contributed by atoms with van der Waals surface area (Å²) in [5.41, 5.74) is 7.23. The summed E-state index contributed by atoms with van der Waals surface area (Å²) < 4.78 is 1.26. The zero-order chi connectivity index (χ0) is 16.4. The molecular weight excluding hydrogens is 417 g/mol. The molecule has 3 aromatic rings. The van der Waals surface area contributed by atoms with Crippen LogP contribution in [0.1, 0.15) is 11.1 Å². The maximum atomic E-state index is 5.98. The fraction of sp³-hybridized carbons (Fsp3) is 0.100. The first-order valence-electron chi connectivity index (χ1n) is 7.44. The van der Waals surface area contributed by atoms with E-state index in [9.17, 15) is 0 Å². The molecule has 0 atom stereocenters. The Kier molecular flexibility index (Phi) is 4.93. The third-order valence-corrected chi connectivity index (χ3v) is 5.02. The quantitative estimate of drug-likeness (QED) is 0.440. The van der Waals surface area contributed by atoms with Crippen molar-refractivity contribution in [3.63, 3.8) is 0 Å². The summed E-state index contributed by atoms with van der Waals surface area (Å²) in [5.74, 6) is 0. The molecule has 0 aromatic heterocycles. The van der Waals surface area contributed by atoms with Gasteiger partial charge in [-0.25, -0.2) is 0 Å². The number of benzene rings is 3. The van der Waals surface area contributed by atoms with Crippen molar-refractivity contribution in [3.05, 3.63) is 80.4 Å². The van der Waals surface area contributed by atoms with Crippen molar-refractivity contribution in [2.45, 2.75) is 13.8 Å². The van der Waals surface area contributed by atoms with E-state index in [1.807, 2.05) is 24.3 Å². The largest absolute Gasteiger partial charge is 0.355 e. The zero-order valence-corrected chi connectivity index (χ0v) is 15.9. The van der Waals surface area contributed by atoms with Crippen molar-refractivity contribution in [1.29, 1.82) is 0 Å². The van der Waals surface area contributed by atoms with Crippen LogP contribution in [0.4, 0.5) is 11.4 Å². The number of hydrogen-bond acceptors (Lipinski definition) is 1. The van der Waals surface area contributed by atoms with Crippen molar-refractivity contribution in [1.82, 2.24) is 0 Å². The van der Waals surface area contributed by atoms with E-state index >= 15 is 0 Å². The van der Waals surface area contributed by atoms with Gasteiger partial charge in [-0.1, -0.05) is 35.9 Å². The summed E-state index contributed by atoms with van der Waals surface area (Å²) in [6.07, 6.45) is 0. The molecule has 0 radical (unpaired) electrons. The minimum atomic E-state index is 0.744. The molecule has 23 heavy (non-hydrogen) atoms. The van der Waals surface area contributed by atoms with Crippen molar-refractivity contribution in [2.75, 3.05) is 5.32 Å². The van der Waals surface area contributed by atoms with Crippen LogP contribution < -0.4 is 5.32 Å². The third-order valence-electron chi connectivity index (χ3n) is 3.87. The lowest BCUT2D eigenvalue weighted by Crippen LogP contribution is -1.98. The molecule has 0 bridgehead atoms. The lowest BCUT2D eigenvalue weighted by molar-refractivity contribution is 1.38. The molecule has 3 rings (SSSR count). The van der Waals surface area contributed by atoms with Gasteiger partial charge in [0, 0.05) is 31.1 Å². The molecule has 0 amide bonds. The van der Waals surface area contributed by atoms with Gasteiger partial charge in [-0.15, -0.1) is 0 Å². The van der Waals surface area contributed by atoms with Crippen LogP contribution >= 0.6 is 34.2 Å². The van der Waals surface area contributed by atoms with Gasteiger partial charge in [-0.2, -0.15) is 0 Å². The highest BCUT2D eigenvalue weighted by atomic mass is 127. The molecule has 0 aliphatic carbocycles. The highest BCUT2D eigenvalue weighted by Crippen LogP contribution is 2.37. The molecule has 0 saturated heterocycles. The molecule has 0 spiro atoms. The molecule has 0 saturated carbocycles. The molecule has 3 heteroatoms. The number of nitrogens with one attached hydrogen (secondary N) is 1. The van der Waals surface area contributed by atoms with Crippen molar-refractivity contribution >= 4 is 45.6 Å². The minimum absolute atomic E-state index is 0.744. The standard InChI is InChI=1S/C20H17ClIN/c1-13-5-3-7-17(22)19(13)20-14(2)6-4-8-18(20)23-16-11-9-15(21)10-12-16/h3-12,23H,1-2H3. The van der Waals surface area contributed by atoms with E-state index in [2.05, 4.69) is 78.2 Å². The molecule has 1 N–H and O–H groups in total. The topological polar surface area (TPSA) is 12.0 Å². The van der Waals surface area contributed by atoms with E-state index in [0.717, 1.165) is 16.4 Å². The van der Waals surface area contributed by atoms with E-state index in [1.165, 1.54) is 25.8 Å². The van der Waals surface area contributed by atoms with Gasteiger partial charge in [0.25, 0.3) is 0 Å². The van der Waals surface area contributed by atoms with E-state index in [1.54, 1.807) is 0 Å². The van der Waals surface area contributed by atoms with E-state index in [0.29, 0.717) is 0 Å². The molecule has 0 aliphatic heterocycles. The molecule has 116 valence electrons. The van der Waals surface area contributed by atoms with Gasteiger partial charge in [0.2, 0.25) is 0 Å². The van der Waals surface area contributed by atoms with Crippen LogP contribution in [0.15, 0.2) is 60.7 Å². The van der Waals surface area contributed by atoms with E-state index < -0.39 is 0 Å². The maximum Gasteiger partial charge on any atom is 0.0467 e. The summed E-state index contributed by atoms with van der Waals surface area (Å²) in [5, 5.41) is 4.28. The van der Waals surface area contributed by atoms with Crippen LogP contribution in [0.5, 0.6) is 0 Å². The average molecular weight is 434 g/mol. The van der Waals surface area contributed by atoms with Gasteiger partial charge in [-0.05, 0) is 84.0 Å². The SMILES string of the molecule is Cc1cccc(I)c1-c1c(C)cccc1Nc1ccc(Cl)cc1. The highest BCUT2D eigenvalue weighted by molar-refractivity contribution is 14.1. The number of rotatable bonds is 3. The first-order valence-corrected chi connectivity index (χ1v) is 8.89. The van der Waals surface area contributed by atoms with Crippen LogP contribution in [-0.4, -0.2) is 0 Å². The summed E-state index contributed by atoms with van der Waals surface area (Å²) >= 11 is 8.39. The number of halogens is 2. The Hall–Kier alpha value is -1.52. The molecule has 3 aromatic carbocycles. The predicted molar refractivity (Wildman–Crippen MR) is 109 cm³/mol. The summed E-state index contributed by atoms with van der Waals surface area (Å²) in [6.45, 7) is 4.32. The Morgan fingerprint density at radius 1 is 0.783 bits per heavy atom. The van der Waals surface area contributed by atoms with E-state index in [4.69, 9.17) is 11.6 Å². The van der Waals surface area contributed by atoms with Crippen LogP contribution in [-0.2, 0) is 0 Å². The number of anilines is 2. The first-order chi connectivity index (χ1) is 11.1. The monoisotopic (exact) mass is 433 g/mol. The summed E-state index contributed by atoms with van der Waals surface area (Å²) in [4.78, 5) is 0. The lowest BCUT2D eigenvalue weighted by atomic mass is 9.95. The molecule has 0 aliphatic rings. The smallest absolute Gasteiger partial charge is 0.0467 e. The van der Waals surface area contributed by atoms with Gasteiger partial charge in [0.15, 0.2) is 0 Å². The van der Waals surface area contributed by atoms with Gasteiger partial charge in [0.05, 0.1) is 0 Å². The summed E-state index contributed by atoms with van der Waals surface area (Å²) in [6, 6.07) is 20.6. The van der Waals surface area contributed by atoms with Crippen LogP contribution in [0.25, 0.3) is 11.1 Å². The Balaban J connectivity index is 2.12. The number of hydrogen-bond donors (Lipinski definition) is 1. The van der Waals surface area contributed by atoms with Gasteiger partial charge in [0.1, 0.15) is 0 Å². The Labute approximate surface area is 155 Å². The fourth-order valence-corrected chi connectivity index (χ4v) is 3.77. The van der Waals surface area contributed by atoms with Crippen LogP contribution in [0, 0.1) is 17.4 Å². The molecule has 0 heterocycles. The second kappa shape index (κ2) is 6.93. The number of aryl methyl sites for hydroxylation is 2.